The molecule has 1 fully saturated rings. The molecule has 0 aliphatic carbocycles. The molecule has 0 radical (unpaired) electrons. The molecule has 196 valence electrons. The van der Waals surface area contributed by atoms with Gasteiger partial charge in [-0.15, -0.1) is 0 Å². The predicted octanol–water partition coefficient (Wildman–Crippen LogP) is 5.35. The van der Waals surface area contributed by atoms with E-state index in [9.17, 15) is 13.2 Å². The molecule has 0 spiro atoms. The van der Waals surface area contributed by atoms with Gasteiger partial charge < -0.3 is 14.8 Å². The Kier molecular flexibility index (Phi) is 7.31. The molecule has 1 saturated heterocycles. The number of nitrogens with one attached hydrogen (secondary N) is 1. The summed E-state index contributed by atoms with van der Waals surface area (Å²) in [5.41, 5.74) is 2.84. The van der Waals surface area contributed by atoms with E-state index in [1.54, 1.807) is 44.6 Å². The zero-order chi connectivity index (χ0) is 26.7. The first-order valence-electron chi connectivity index (χ1n) is 12.4. The van der Waals surface area contributed by atoms with Crippen molar-refractivity contribution in [2.75, 3.05) is 32.6 Å². The first kappa shape index (κ1) is 25.7. The van der Waals surface area contributed by atoms with Crippen molar-refractivity contribution >= 4 is 32.5 Å². The van der Waals surface area contributed by atoms with Gasteiger partial charge in [-0.05, 0) is 61.4 Å². The molecule has 1 aromatic heterocycles. The quantitative estimate of drug-likeness (QED) is 0.345. The fourth-order valence-corrected chi connectivity index (χ4v) is 6.26. The van der Waals surface area contributed by atoms with Crippen LogP contribution in [0.5, 0.6) is 11.5 Å². The van der Waals surface area contributed by atoms with Crippen LogP contribution in [-0.4, -0.2) is 50.9 Å². The molecule has 2 heterocycles. The van der Waals surface area contributed by atoms with Crippen molar-refractivity contribution in [3.05, 3.63) is 78.4 Å². The molecule has 8 nitrogen and oxygen atoms in total. The Morgan fingerprint density at radius 3 is 2.39 bits per heavy atom. The number of rotatable bonds is 7. The molecular formula is C29H29N3O5S. The number of pyridine rings is 1. The van der Waals surface area contributed by atoms with Crippen LogP contribution in [0.3, 0.4) is 0 Å². The molecule has 1 N–H and O–H groups in total. The van der Waals surface area contributed by atoms with Gasteiger partial charge >= 0.3 is 0 Å². The Balaban J connectivity index is 1.49. The second-order valence-electron chi connectivity index (χ2n) is 9.09. The number of anilines is 1. The van der Waals surface area contributed by atoms with Crippen LogP contribution >= 0.6 is 0 Å². The van der Waals surface area contributed by atoms with Gasteiger partial charge in [0.2, 0.25) is 10.0 Å². The van der Waals surface area contributed by atoms with Crippen molar-refractivity contribution in [2.24, 2.45) is 0 Å². The summed E-state index contributed by atoms with van der Waals surface area (Å²) < 4.78 is 38.6. The zero-order valence-corrected chi connectivity index (χ0v) is 22.1. The second-order valence-corrected chi connectivity index (χ2v) is 11.0. The summed E-state index contributed by atoms with van der Waals surface area (Å²) in [6, 6.07) is 21.0. The number of piperidine rings is 1. The number of carbonyl (C=O) groups is 1. The molecule has 38 heavy (non-hydrogen) atoms. The van der Waals surface area contributed by atoms with Crippen LogP contribution < -0.4 is 14.8 Å². The highest BCUT2D eigenvalue weighted by atomic mass is 32.2. The Labute approximate surface area is 222 Å². The van der Waals surface area contributed by atoms with Crippen LogP contribution in [0.2, 0.25) is 0 Å². The first-order valence-corrected chi connectivity index (χ1v) is 13.9. The van der Waals surface area contributed by atoms with Gasteiger partial charge in [-0.3, -0.25) is 4.79 Å². The largest absolute Gasteiger partial charge is 0.493 e. The lowest BCUT2D eigenvalue weighted by Gasteiger charge is -2.26. The first-order chi connectivity index (χ1) is 18.4. The smallest absolute Gasteiger partial charge is 0.256 e. The predicted molar refractivity (Wildman–Crippen MR) is 147 cm³/mol. The topological polar surface area (TPSA) is 97.8 Å². The number of methoxy groups -OCH3 is 2. The monoisotopic (exact) mass is 531 g/mol. The number of para-hydroxylation sites is 1. The normalized spacial score (nSPS) is 14.3. The van der Waals surface area contributed by atoms with Gasteiger partial charge in [-0.1, -0.05) is 30.7 Å². The minimum absolute atomic E-state index is 0.169. The Morgan fingerprint density at radius 1 is 0.868 bits per heavy atom. The van der Waals surface area contributed by atoms with Crippen molar-refractivity contribution in [1.29, 1.82) is 0 Å². The van der Waals surface area contributed by atoms with Gasteiger partial charge in [0.1, 0.15) is 0 Å². The lowest BCUT2D eigenvalue weighted by molar-refractivity contribution is 0.102. The molecule has 0 unspecified atom stereocenters. The molecule has 1 aliphatic rings. The molecule has 1 aliphatic heterocycles. The molecular weight excluding hydrogens is 502 g/mol. The third kappa shape index (κ3) is 5.07. The fraction of sp³-hybridized carbons (Fsp3) is 0.241. The highest BCUT2D eigenvalue weighted by molar-refractivity contribution is 7.89. The number of hydrogen-bond donors (Lipinski definition) is 1. The number of ether oxygens (including phenoxy) is 2. The van der Waals surface area contributed by atoms with E-state index in [0.717, 1.165) is 24.8 Å². The number of nitrogens with zero attached hydrogens (tertiary/aromatic N) is 2. The zero-order valence-electron chi connectivity index (χ0n) is 21.3. The minimum Gasteiger partial charge on any atom is -0.493 e. The summed E-state index contributed by atoms with van der Waals surface area (Å²) in [5.74, 6) is 0.782. The Hall–Kier alpha value is -3.95. The average molecular weight is 532 g/mol. The molecule has 3 aromatic carbocycles. The molecule has 0 atom stereocenters. The number of amides is 1. The van der Waals surface area contributed by atoms with Crippen LogP contribution in [0.1, 0.15) is 29.6 Å². The van der Waals surface area contributed by atoms with Crippen molar-refractivity contribution < 1.29 is 22.7 Å². The maximum Gasteiger partial charge on any atom is 0.256 e. The molecule has 0 saturated carbocycles. The third-order valence-electron chi connectivity index (χ3n) is 6.68. The third-order valence-corrected chi connectivity index (χ3v) is 8.58. The lowest BCUT2D eigenvalue weighted by atomic mass is 10.0. The summed E-state index contributed by atoms with van der Waals surface area (Å²) in [6.07, 6.45) is 2.74. The number of fused-ring (bicyclic) bond motifs is 1. The summed E-state index contributed by atoms with van der Waals surface area (Å²) in [6.45, 7) is 1.03. The van der Waals surface area contributed by atoms with Crippen LogP contribution in [0, 0.1) is 0 Å². The van der Waals surface area contributed by atoms with Crippen LogP contribution in [0.25, 0.3) is 22.2 Å². The maximum atomic E-state index is 13.6. The van der Waals surface area contributed by atoms with Gasteiger partial charge in [0.15, 0.2) is 11.5 Å². The van der Waals surface area contributed by atoms with Gasteiger partial charge in [-0.25, -0.2) is 13.4 Å². The van der Waals surface area contributed by atoms with E-state index in [-0.39, 0.29) is 10.8 Å². The highest BCUT2D eigenvalue weighted by Crippen LogP contribution is 2.33. The molecule has 5 rings (SSSR count). The van der Waals surface area contributed by atoms with E-state index in [1.807, 2.05) is 36.4 Å². The van der Waals surface area contributed by atoms with E-state index in [0.29, 0.717) is 52.4 Å². The summed E-state index contributed by atoms with van der Waals surface area (Å²) >= 11 is 0. The lowest BCUT2D eigenvalue weighted by Crippen LogP contribution is -2.35. The number of benzene rings is 3. The summed E-state index contributed by atoms with van der Waals surface area (Å²) in [7, 11) is -0.491. The van der Waals surface area contributed by atoms with Crippen molar-refractivity contribution in [2.45, 2.75) is 24.2 Å². The van der Waals surface area contributed by atoms with Gasteiger partial charge in [-0.2, -0.15) is 4.31 Å². The van der Waals surface area contributed by atoms with Crippen LogP contribution in [0.4, 0.5) is 5.69 Å². The van der Waals surface area contributed by atoms with E-state index < -0.39 is 10.0 Å². The summed E-state index contributed by atoms with van der Waals surface area (Å²) in [5, 5.41) is 3.58. The molecule has 4 aromatic rings. The van der Waals surface area contributed by atoms with E-state index in [4.69, 9.17) is 14.5 Å². The van der Waals surface area contributed by atoms with E-state index in [2.05, 4.69) is 5.32 Å². The van der Waals surface area contributed by atoms with Crippen molar-refractivity contribution in [3.63, 3.8) is 0 Å². The van der Waals surface area contributed by atoms with Crippen molar-refractivity contribution in [1.82, 2.24) is 9.29 Å². The second kappa shape index (κ2) is 10.8. The standard InChI is InChI=1S/C29H29N3O5S/c1-36-27-14-13-20(17-28(27)37-2)26-19-24(23-11-4-5-12-25(23)31-26)29(33)30-21-9-8-10-22(18-21)38(34,35)32-15-6-3-7-16-32/h4-5,8-14,17-19H,3,6-7,15-16H2,1-2H3,(H,30,33). The molecule has 9 heteroatoms. The highest BCUT2D eigenvalue weighted by Gasteiger charge is 2.26. The average Bonchev–Trinajstić information content (AvgIpc) is 2.96. The van der Waals surface area contributed by atoms with Gasteiger partial charge in [0.05, 0.1) is 35.9 Å². The Morgan fingerprint density at radius 2 is 1.63 bits per heavy atom. The van der Waals surface area contributed by atoms with Gasteiger partial charge in [0, 0.05) is 29.7 Å². The summed E-state index contributed by atoms with van der Waals surface area (Å²) in [4.78, 5) is 18.5. The number of carbonyl (C=O) groups excluding carboxylic acids is 1. The SMILES string of the molecule is COc1ccc(-c2cc(C(=O)Nc3cccc(S(=O)(=O)N4CCCCC4)c3)c3ccccc3n2)cc1OC. The van der Waals surface area contributed by atoms with Crippen molar-refractivity contribution in [3.8, 4) is 22.8 Å². The molecule has 1 amide bonds. The van der Waals surface area contributed by atoms with Crippen LogP contribution in [0.15, 0.2) is 77.7 Å². The minimum atomic E-state index is -3.62. The molecule has 0 bridgehead atoms. The number of hydrogen-bond acceptors (Lipinski definition) is 6. The Bertz CT molecular complexity index is 1600. The van der Waals surface area contributed by atoms with E-state index >= 15 is 0 Å². The van der Waals surface area contributed by atoms with E-state index in [1.165, 1.54) is 10.4 Å². The van der Waals surface area contributed by atoms with Gasteiger partial charge in [0.25, 0.3) is 5.91 Å². The fourth-order valence-electron chi connectivity index (χ4n) is 4.69. The number of sulfonamides is 1. The van der Waals surface area contributed by atoms with Crippen LogP contribution in [-0.2, 0) is 10.0 Å². The maximum absolute atomic E-state index is 13.6. The number of aromatic nitrogens is 1.